The number of carbonyl (C=O) groups is 1. The van der Waals surface area contributed by atoms with Crippen molar-refractivity contribution < 1.29 is 17.6 Å². The first-order chi connectivity index (χ1) is 12.8. The summed E-state index contributed by atoms with van der Waals surface area (Å²) in [6.45, 7) is 6.01. The summed E-state index contributed by atoms with van der Waals surface area (Å²) in [6, 6.07) is 10.5. The van der Waals surface area contributed by atoms with E-state index in [1.807, 2.05) is 0 Å². The molecule has 2 aromatic carbocycles. The van der Waals surface area contributed by atoms with Gasteiger partial charge in [-0.25, -0.2) is 12.8 Å². The molecule has 0 saturated heterocycles. The zero-order chi connectivity index (χ0) is 20.0. The number of aryl methyl sites for hydroxylation is 1. The number of hydrogen-bond donors (Lipinski definition) is 2. The SMILES string of the molecule is CCN(CC)S(=O)(=O)c1cccc(NCC(=O)Nc2cc(F)ccc2C)c1. The summed E-state index contributed by atoms with van der Waals surface area (Å²) in [5.41, 5.74) is 1.66. The predicted octanol–water partition coefficient (Wildman–Crippen LogP) is 3.22. The van der Waals surface area contributed by atoms with Crippen LogP contribution in [0.25, 0.3) is 0 Å². The first-order valence-electron chi connectivity index (χ1n) is 8.68. The quantitative estimate of drug-likeness (QED) is 0.722. The fraction of sp³-hybridized carbons (Fsp3) is 0.316. The number of sulfonamides is 1. The molecule has 2 N–H and O–H groups in total. The number of carbonyl (C=O) groups excluding carboxylic acids is 1. The van der Waals surface area contributed by atoms with E-state index in [1.165, 1.54) is 28.6 Å². The molecular weight excluding hydrogens is 369 g/mol. The Bertz CT molecular complexity index is 912. The molecule has 0 atom stereocenters. The van der Waals surface area contributed by atoms with Crippen LogP contribution in [0.2, 0.25) is 0 Å². The van der Waals surface area contributed by atoms with Crippen LogP contribution >= 0.6 is 0 Å². The molecule has 6 nitrogen and oxygen atoms in total. The van der Waals surface area contributed by atoms with Crippen molar-refractivity contribution in [2.24, 2.45) is 0 Å². The molecule has 0 unspecified atom stereocenters. The van der Waals surface area contributed by atoms with Crippen molar-refractivity contribution in [3.63, 3.8) is 0 Å². The Balaban J connectivity index is 2.06. The second kappa shape index (κ2) is 8.96. The molecule has 2 rings (SSSR count). The molecule has 0 radical (unpaired) electrons. The second-order valence-electron chi connectivity index (χ2n) is 5.98. The molecule has 0 saturated carbocycles. The number of nitrogens with one attached hydrogen (secondary N) is 2. The number of benzene rings is 2. The van der Waals surface area contributed by atoms with Gasteiger partial charge in [-0.2, -0.15) is 4.31 Å². The average molecular weight is 393 g/mol. The van der Waals surface area contributed by atoms with Gasteiger partial charge in [-0.05, 0) is 42.8 Å². The maximum absolute atomic E-state index is 13.3. The third-order valence-electron chi connectivity index (χ3n) is 4.10. The zero-order valence-electron chi connectivity index (χ0n) is 15.6. The van der Waals surface area contributed by atoms with Gasteiger partial charge in [0.05, 0.1) is 11.4 Å². The van der Waals surface area contributed by atoms with Gasteiger partial charge >= 0.3 is 0 Å². The summed E-state index contributed by atoms with van der Waals surface area (Å²) in [7, 11) is -3.57. The minimum atomic E-state index is -3.57. The van der Waals surface area contributed by atoms with Crippen LogP contribution in [0.3, 0.4) is 0 Å². The van der Waals surface area contributed by atoms with Crippen molar-refractivity contribution in [2.45, 2.75) is 25.7 Å². The molecule has 0 aliphatic heterocycles. The van der Waals surface area contributed by atoms with Crippen molar-refractivity contribution in [3.05, 3.63) is 53.8 Å². The molecule has 146 valence electrons. The summed E-state index contributed by atoms with van der Waals surface area (Å²) in [4.78, 5) is 12.3. The normalized spacial score (nSPS) is 11.4. The van der Waals surface area contributed by atoms with E-state index in [9.17, 15) is 17.6 Å². The predicted molar refractivity (Wildman–Crippen MR) is 105 cm³/mol. The summed E-state index contributed by atoms with van der Waals surface area (Å²) >= 11 is 0. The van der Waals surface area contributed by atoms with Gasteiger partial charge in [0.15, 0.2) is 0 Å². The lowest BCUT2D eigenvalue weighted by atomic mass is 10.2. The standard InChI is InChI=1S/C19H24FN3O3S/c1-4-23(5-2)27(25,26)17-8-6-7-16(12-17)21-13-19(24)22-18-11-15(20)10-9-14(18)3/h6-12,21H,4-5,13H2,1-3H3,(H,22,24). The number of anilines is 2. The van der Waals surface area contributed by atoms with E-state index in [-0.39, 0.29) is 17.3 Å². The van der Waals surface area contributed by atoms with Crippen LogP contribution in [0.5, 0.6) is 0 Å². The fourth-order valence-corrected chi connectivity index (χ4v) is 4.09. The molecule has 27 heavy (non-hydrogen) atoms. The third kappa shape index (κ3) is 5.27. The van der Waals surface area contributed by atoms with Gasteiger partial charge in [-0.1, -0.05) is 26.0 Å². The molecule has 0 aliphatic rings. The summed E-state index contributed by atoms with van der Waals surface area (Å²) < 4.78 is 39.8. The van der Waals surface area contributed by atoms with Crippen molar-refractivity contribution in [2.75, 3.05) is 30.3 Å². The highest BCUT2D eigenvalue weighted by Gasteiger charge is 2.21. The van der Waals surface area contributed by atoms with Gasteiger partial charge in [-0.3, -0.25) is 4.79 Å². The zero-order valence-corrected chi connectivity index (χ0v) is 16.4. The monoisotopic (exact) mass is 393 g/mol. The molecule has 2 aromatic rings. The molecule has 0 heterocycles. The summed E-state index contributed by atoms with van der Waals surface area (Å²) in [6.07, 6.45) is 0. The van der Waals surface area contributed by atoms with Crippen LogP contribution in [0, 0.1) is 12.7 Å². The number of rotatable bonds is 8. The maximum Gasteiger partial charge on any atom is 0.243 e. The van der Waals surface area contributed by atoms with Crippen molar-refractivity contribution in [1.82, 2.24) is 4.31 Å². The lowest BCUT2D eigenvalue weighted by Gasteiger charge is -2.19. The molecule has 0 bridgehead atoms. The van der Waals surface area contributed by atoms with Gasteiger partial charge in [0.2, 0.25) is 15.9 Å². The first-order valence-corrected chi connectivity index (χ1v) is 10.1. The highest BCUT2D eigenvalue weighted by molar-refractivity contribution is 7.89. The Kier molecular flexibility index (Phi) is 6.92. The highest BCUT2D eigenvalue weighted by atomic mass is 32.2. The van der Waals surface area contributed by atoms with Crippen LogP contribution < -0.4 is 10.6 Å². The van der Waals surface area contributed by atoms with Gasteiger partial charge in [0.1, 0.15) is 5.82 Å². The molecule has 8 heteroatoms. The molecular formula is C19H24FN3O3S. The van der Waals surface area contributed by atoms with Crippen molar-refractivity contribution >= 4 is 27.3 Å². The first kappa shape index (κ1) is 20.9. The Labute approximate surface area is 159 Å². The Morgan fingerprint density at radius 1 is 1.11 bits per heavy atom. The van der Waals surface area contributed by atoms with E-state index < -0.39 is 15.8 Å². The average Bonchev–Trinajstić information content (AvgIpc) is 2.64. The maximum atomic E-state index is 13.3. The lowest BCUT2D eigenvalue weighted by Crippen LogP contribution is -2.30. The van der Waals surface area contributed by atoms with Gasteiger partial charge in [0.25, 0.3) is 0 Å². The smallest absolute Gasteiger partial charge is 0.243 e. The second-order valence-corrected chi connectivity index (χ2v) is 7.92. The van der Waals surface area contributed by atoms with E-state index in [1.54, 1.807) is 39.0 Å². The number of nitrogens with zero attached hydrogens (tertiary/aromatic N) is 1. The van der Waals surface area contributed by atoms with Crippen LogP contribution in [0.1, 0.15) is 19.4 Å². The van der Waals surface area contributed by atoms with E-state index >= 15 is 0 Å². The Morgan fingerprint density at radius 3 is 2.48 bits per heavy atom. The molecule has 0 aliphatic carbocycles. The lowest BCUT2D eigenvalue weighted by molar-refractivity contribution is -0.114. The van der Waals surface area contributed by atoms with E-state index in [4.69, 9.17) is 0 Å². The minimum Gasteiger partial charge on any atom is -0.376 e. The van der Waals surface area contributed by atoms with E-state index in [2.05, 4.69) is 10.6 Å². The van der Waals surface area contributed by atoms with Gasteiger partial charge in [-0.15, -0.1) is 0 Å². The Hall–Kier alpha value is -2.45. The molecule has 0 spiro atoms. The topological polar surface area (TPSA) is 78.5 Å². The number of halogens is 1. The number of amides is 1. The fourth-order valence-electron chi connectivity index (χ4n) is 2.58. The van der Waals surface area contributed by atoms with E-state index in [0.29, 0.717) is 24.5 Å². The van der Waals surface area contributed by atoms with Gasteiger partial charge < -0.3 is 10.6 Å². The largest absolute Gasteiger partial charge is 0.376 e. The number of hydrogen-bond acceptors (Lipinski definition) is 4. The van der Waals surface area contributed by atoms with E-state index in [0.717, 1.165) is 5.56 Å². The molecule has 0 aromatic heterocycles. The summed E-state index contributed by atoms with van der Waals surface area (Å²) in [5.74, 6) is -0.793. The highest BCUT2D eigenvalue weighted by Crippen LogP contribution is 2.20. The molecule has 1 amide bonds. The molecule has 0 fully saturated rings. The summed E-state index contributed by atoms with van der Waals surface area (Å²) in [5, 5.41) is 5.53. The van der Waals surface area contributed by atoms with Crippen LogP contribution in [-0.4, -0.2) is 38.3 Å². The minimum absolute atomic E-state index is 0.0786. The third-order valence-corrected chi connectivity index (χ3v) is 6.15. The van der Waals surface area contributed by atoms with Crippen LogP contribution in [-0.2, 0) is 14.8 Å². The van der Waals surface area contributed by atoms with Crippen LogP contribution in [0.15, 0.2) is 47.4 Å². The van der Waals surface area contributed by atoms with Crippen LogP contribution in [0.4, 0.5) is 15.8 Å². The van der Waals surface area contributed by atoms with Gasteiger partial charge in [0, 0.05) is 24.5 Å². The Morgan fingerprint density at radius 2 is 1.81 bits per heavy atom. The van der Waals surface area contributed by atoms with Crippen molar-refractivity contribution in [1.29, 1.82) is 0 Å². The van der Waals surface area contributed by atoms with Crippen molar-refractivity contribution in [3.8, 4) is 0 Å².